The van der Waals surface area contributed by atoms with Crippen LogP contribution in [0.25, 0.3) is 0 Å². The fourth-order valence-electron chi connectivity index (χ4n) is 2.36. The predicted octanol–water partition coefficient (Wildman–Crippen LogP) is 2.72. The predicted molar refractivity (Wildman–Crippen MR) is 83.9 cm³/mol. The van der Waals surface area contributed by atoms with Gasteiger partial charge >= 0.3 is 5.97 Å². The summed E-state index contributed by atoms with van der Waals surface area (Å²) >= 11 is 0. The van der Waals surface area contributed by atoms with Crippen molar-refractivity contribution in [3.8, 4) is 5.75 Å². The highest BCUT2D eigenvalue weighted by molar-refractivity contribution is 5.97. The molecule has 3 rings (SSSR count). The highest BCUT2D eigenvalue weighted by atomic mass is 16.5. The Bertz CT molecular complexity index is 727. The number of carbonyl (C=O) groups excluding carboxylic acids is 2. The quantitative estimate of drug-likeness (QED) is 0.675. The van der Waals surface area contributed by atoms with Gasteiger partial charge in [0.2, 0.25) is 5.91 Å². The lowest BCUT2D eigenvalue weighted by Crippen LogP contribution is -2.39. The molecule has 0 aromatic heterocycles. The average molecular weight is 296 g/mol. The third kappa shape index (κ3) is 3.09. The smallest absolute Gasteiger partial charge is 0.334 e. The Labute approximate surface area is 128 Å². The second-order valence-electron chi connectivity index (χ2n) is 5.24. The molecule has 1 aliphatic rings. The zero-order valence-electron chi connectivity index (χ0n) is 12.1. The van der Waals surface area contributed by atoms with Gasteiger partial charge in [0.25, 0.3) is 0 Å². The van der Waals surface area contributed by atoms with Crippen LogP contribution >= 0.6 is 0 Å². The van der Waals surface area contributed by atoms with Crippen LogP contribution in [0.4, 0.5) is 11.4 Å². The van der Waals surface area contributed by atoms with Crippen LogP contribution in [-0.2, 0) is 9.59 Å². The second kappa shape index (κ2) is 5.89. The zero-order chi connectivity index (χ0) is 15.5. The van der Waals surface area contributed by atoms with Gasteiger partial charge in [-0.25, -0.2) is 4.79 Å². The van der Waals surface area contributed by atoms with Crippen LogP contribution < -0.4 is 15.4 Å². The Kier molecular flexibility index (Phi) is 3.78. The van der Waals surface area contributed by atoms with E-state index in [9.17, 15) is 9.59 Å². The number of aryl methyl sites for hydroxylation is 1. The van der Waals surface area contributed by atoms with Crippen LogP contribution in [-0.4, -0.2) is 17.9 Å². The molecule has 0 spiro atoms. The van der Waals surface area contributed by atoms with Crippen molar-refractivity contribution in [3.05, 3.63) is 54.1 Å². The van der Waals surface area contributed by atoms with Gasteiger partial charge in [0.05, 0.1) is 12.1 Å². The van der Waals surface area contributed by atoms with Gasteiger partial charge in [-0.05, 0) is 36.8 Å². The molecule has 22 heavy (non-hydrogen) atoms. The van der Waals surface area contributed by atoms with Gasteiger partial charge in [0.1, 0.15) is 6.04 Å². The average Bonchev–Trinajstić information content (AvgIpc) is 2.48. The summed E-state index contributed by atoms with van der Waals surface area (Å²) in [7, 11) is 0. The molecule has 112 valence electrons. The first-order chi connectivity index (χ1) is 10.6. The van der Waals surface area contributed by atoms with E-state index in [1.54, 1.807) is 12.1 Å². The highest BCUT2D eigenvalue weighted by Crippen LogP contribution is 2.29. The molecule has 1 atom stereocenters. The van der Waals surface area contributed by atoms with E-state index in [1.165, 1.54) is 0 Å². The Hall–Kier alpha value is -2.82. The number of nitrogens with one attached hydrogen (secondary N) is 2. The van der Waals surface area contributed by atoms with Crippen LogP contribution in [0, 0.1) is 6.92 Å². The molecule has 0 bridgehead atoms. The molecule has 0 unspecified atom stereocenters. The van der Waals surface area contributed by atoms with Gasteiger partial charge in [0, 0.05) is 5.69 Å². The van der Waals surface area contributed by atoms with Gasteiger partial charge in [-0.1, -0.05) is 24.3 Å². The van der Waals surface area contributed by atoms with Crippen molar-refractivity contribution in [2.45, 2.75) is 19.4 Å². The minimum atomic E-state index is -0.681. The number of carbonyl (C=O) groups is 2. The molecule has 0 aliphatic carbocycles. The SMILES string of the molecule is Cc1cccc(NC(=O)C[C@@H]2Nc3ccccc3OC2=O)c1. The number of hydrogen-bond acceptors (Lipinski definition) is 4. The Morgan fingerprint density at radius 3 is 2.86 bits per heavy atom. The molecule has 0 fully saturated rings. The summed E-state index contributed by atoms with van der Waals surface area (Å²) < 4.78 is 5.23. The molecular formula is C17H16N2O3. The number of esters is 1. The molecule has 1 aliphatic heterocycles. The minimum absolute atomic E-state index is 0.0150. The molecule has 1 heterocycles. The van der Waals surface area contributed by atoms with Crippen LogP contribution in [0.2, 0.25) is 0 Å². The number of benzene rings is 2. The van der Waals surface area contributed by atoms with Crippen LogP contribution in [0.15, 0.2) is 48.5 Å². The number of hydrogen-bond donors (Lipinski definition) is 2. The Morgan fingerprint density at radius 2 is 2.05 bits per heavy atom. The van der Waals surface area contributed by atoms with E-state index in [-0.39, 0.29) is 12.3 Å². The van der Waals surface area contributed by atoms with E-state index in [0.717, 1.165) is 16.9 Å². The molecule has 0 saturated carbocycles. The summed E-state index contributed by atoms with van der Waals surface area (Å²) in [4.78, 5) is 24.0. The van der Waals surface area contributed by atoms with Crippen molar-refractivity contribution in [2.75, 3.05) is 10.6 Å². The second-order valence-corrected chi connectivity index (χ2v) is 5.24. The van der Waals surface area contributed by atoms with Crippen LogP contribution in [0.5, 0.6) is 5.75 Å². The minimum Gasteiger partial charge on any atom is -0.423 e. The van der Waals surface area contributed by atoms with E-state index >= 15 is 0 Å². The van der Waals surface area contributed by atoms with E-state index < -0.39 is 12.0 Å². The van der Waals surface area contributed by atoms with Crippen molar-refractivity contribution in [1.82, 2.24) is 0 Å². The number of para-hydroxylation sites is 2. The summed E-state index contributed by atoms with van der Waals surface area (Å²) in [6, 6.07) is 14.0. The van der Waals surface area contributed by atoms with Crippen molar-refractivity contribution < 1.29 is 14.3 Å². The third-order valence-electron chi connectivity index (χ3n) is 3.40. The van der Waals surface area contributed by atoms with Gasteiger partial charge in [-0.15, -0.1) is 0 Å². The van der Waals surface area contributed by atoms with Gasteiger partial charge in [-0.2, -0.15) is 0 Å². The topological polar surface area (TPSA) is 67.4 Å². The third-order valence-corrected chi connectivity index (χ3v) is 3.40. The normalized spacial score (nSPS) is 16.2. The monoisotopic (exact) mass is 296 g/mol. The van der Waals surface area contributed by atoms with E-state index in [2.05, 4.69) is 10.6 Å². The first-order valence-electron chi connectivity index (χ1n) is 7.05. The summed E-state index contributed by atoms with van der Waals surface area (Å²) in [5.74, 6) is -0.194. The maximum atomic E-state index is 12.1. The molecule has 1 amide bonds. The lowest BCUT2D eigenvalue weighted by Gasteiger charge is -2.25. The lowest BCUT2D eigenvalue weighted by molar-refractivity contribution is -0.137. The molecule has 0 saturated heterocycles. The van der Waals surface area contributed by atoms with Gasteiger partial charge < -0.3 is 15.4 Å². The summed E-state index contributed by atoms with van der Waals surface area (Å²) in [5.41, 5.74) is 2.49. The molecule has 2 aromatic carbocycles. The first kappa shape index (κ1) is 14.1. The number of fused-ring (bicyclic) bond motifs is 1. The number of ether oxygens (including phenoxy) is 1. The van der Waals surface area contributed by atoms with Crippen molar-refractivity contribution >= 4 is 23.3 Å². The molecule has 5 nitrogen and oxygen atoms in total. The van der Waals surface area contributed by atoms with Crippen molar-refractivity contribution in [3.63, 3.8) is 0 Å². The molecule has 0 radical (unpaired) electrons. The fraction of sp³-hybridized carbons (Fsp3) is 0.176. The Balaban J connectivity index is 1.66. The van der Waals surface area contributed by atoms with Crippen molar-refractivity contribution in [1.29, 1.82) is 0 Å². The van der Waals surface area contributed by atoms with Crippen LogP contribution in [0.3, 0.4) is 0 Å². The Morgan fingerprint density at radius 1 is 1.23 bits per heavy atom. The standard InChI is InChI=1S/C17H16N2O3/c1-11-5-4-6-12(9-11)18-16(20)10-14-17(21)22-15-8-3-2-7-13(15)19-14/h2-9,14,19H,10H2,1H3,(H,18,20)/t14-/m0/s1. The maximum Gasteiger partial charge on any atom is 0.334 e. The molecular weight excluding hydrogens is 280 g/mol. The fourth-order valence-corrected chi connectivity index (χ4v) is 2.36. The van der Waals surface area contributed by atoms with Crippen LogP contribution in [0.1, 0.15) is 12.0 Å². The van der Waals surface area contributed by atoms with E-state index in [1.807, 2.05) is 43.3 Å². The highest BCUT2D eigenvalue weighted by Gasteiger charge is 2.29. The maximum absolute atomic E-state index is 12.1. The summed E-state index contributed by atoms with van der Waals surface area (Å²) in [6.45, 7) is 1.95. The van der Waals surface area contributed by atoms with Gasteiger partial charge in [0.15, 0.2) is 5.75 Å². The largest absolute Gasteiger partial charge is 0.423 e. The molecule has 2 N–H and O–H groups in total. The summed E-state index contributed by atoms with van der Waals surface area (Å²) in [6.07, 6.45) is 0.0150. The first-order valence-corrected chi connectivity index (χ1v) is 7.05. The number of rotatable bonds is 3. The summed E-state index contributed by atoms with van der Waals surface area (Å²) in [5, 5.41) is 5.83. The lowest BCUT2D eigenvalue weighted by atomic mass is 10.1. The molecule has 2 aromatic rings. The number of amides is 1. The van der Waals surface area contributed by atoms with Gasteiger partial charge in [-0.3, -0.25) is 4.79 Å². The van der Waals surface area contributed by atoms with E-state index in [0.29, 0.717) is 5.75 Å². The van der Waals surface area contributed by atoms with E-state index in [4.69, 9.17) is 4.74 Å². The molecule has 5 heteroatoms. The number of anilines is 2. The zero-order valence-corrected chi connectivity index (χ0v) is 12.1. The van der Waals surface area contributed by atoms with Crippen molar-refractivity contribution in [2.24, 2.45) is 0 Å².